The van der Waals surface area contributed by atoms with Crippen LogP contribution in [0.2, 0.25) is 0 Å². The molecule has 3 aliphatic heterocycles. The molecule has 0 aliphatic carbocycles. The number of carbonyl (C=O) groups is 1. The fourth-order valence-corrected chi connectivity index (χ4v) is 6.38. The molecule has 6 rings (SSSR count). The first kappa shape index (κ1) is 24.3. The van der Waals surface area contributed by atoms with Gasteiger partial charge in [0.05, 0.1) is 11.2 Å². The summed E-state index contributed by atoms with van der Waals surface area (Å²) in [6.45, 7) is 10.9. The van der Waals surface area contributed by atoms with Gasteiger partial charge in [0.2, 0.25) is 0 Å². The van der Waals surface area contributed by atoms with E-state index < -0.39 is 0 Å². The molecule has 2 aromatic heterocycles. The maximum atomic E-state index is 12.9. The molecular formula is C30H40N6O. The Labute approximate surface area is 220 Å². The highest BCUT2D eigenvalue weighted by Crippen LogP contribution is 2.32. The van der Waals surface area contributed by atoms with E-state index in [0.717, 1.165) is 64.2 Å². The minimum Gasteiger partial charge on any atom is -0.366 e. The van der Waals surface area contributed by atoms with Gasteiger partial charge in [-0.3, -0.25) is 0 Å². The number of nitrogens with zero attached hydrogens (tertiary/aromatic N) is 6. The Morgan fingerprint density at radius 2 is 1.54 bits per heavy atom. The molecule has 3 saturated heterocycles. The summed E-state index contributed by atoms with van der Waals surface area (Å²) < 4.78 is 2.00. The van der Waals surface area contributed by atoms with Gasteiger partial charge in [-0.2, -0.15) is 5.10 Å². The summed E-state index contributed by atoms with van der Waals surface area (Å²) in [5.74, 6) is 0.679. The number of likely N-dealkylation sites (tertiary alicyclic amines) is 2. The number of rotatable bonds is 4. The molecule has 0 N–H and O–H groups in total. The second-order valence-electron chi connectivity index (χ2n) is 10.9. The third-order valence-corrected chi connectivity index (χ3v) is 8.75. The van der Waals surface area contributed by atoms with Crippen LogP contribution in [-0.2, 0) is 0 Å². The number of aromatic nitrogens is 2. The van der Waals surface area contributed by atoms with Gasteiger partial charge in [0.15, 0.2) is 0 Å². The average molecular weight is 501 g/mol. The molecular weight excluding hydrogens is 460 g/mol. The van der Waals surface area contributed by atoms with Crippen molar-refractivity contribution >= 4 is 17.2 Å². The molecule has 0 spiro atoms. The number of anilines is 1. The van der Waals surface area contributed by atoms with Crippen molar-refractivity contribution in [3.8, 4) is 11.1 Å². The molecule has 196 valence electrons. The van der Waals surface area contributed by atoms with Gasteiger partial charge in [-0.1, -0.05) is 31.2 Å². The third kappa shape index (κ3) is 5.06. The van der Waals surface area contributed by atoms with Gasteiger partial charge < -0.3 is 19.6 Å². The summed E-state index contributed by atoms with van der Waals surface area (Å²) >= 11 is 0. The highest BCUT2D eigenvalue weighted by Gasteiger charge is 2.27. The number of benzene rings is 1. The zero-order valence-corrected chi connectivity index (χ0v) is 22.2. The van der Waals surface area contributed by atoms with Gasteiger partial charge in [0.1, 0.15) is 0 Å². The molecule has 0 saturated carbocycles. The number of hydrogen-bond acceptors (Lipinski definition) is 4. The van der Waals surface area contributed by atoms with Crippen molar-refractivity contribution in [2.24, 2.45) is 0 Å². The lowest BCUT2D eigenvalue weighted by molar-refractivity contribution is 0.141. The van der Waals surface area contributed by atoms with E-state index in [2.05, 4.69) is 64.4 Å². The lowest BCUT2D eigenvalue weighted by Crippen LogP contribution is -2.53. The summed E-state index contributed by atoms with van der Waals surface area (Å²) in [6, 6.07) is 13.8. The van der Waals surface area contributed by atoms with Crippen LogP contribution in [0.15, 0.2) is 48.8 Å². The van der Waals surface area contributed by atoms with Crippen molar-refractivity contribution in [1.82, 2.24) is 24.3 Å². The van der Waals surface area contributed by atoms with Crippen LogP contribution in [0.1, 0.15) is 50.5 Å². The lowest BCUT2D eigenvalue weighted by Gasteiger charge is -2.39. The van der Waals surface area contributed by atoms with Gasteiger partial charge in [0.25, 0.3) is 0 Å². The number of carbonyl (C=O) groups excluding carboxylic acids is 1. The molecule has 0 bridgehead atoms. The average Bonchev–Trinajstić information content (AvgIpc) is 3.42. The van der Waals surface area contributed by atoms with E-state index in [9.17, 15) is 4.79 Å². The van der Waals surface area contributed by atoms with E-state index in [4.69, 9.17) is 0 Å². The fourth-order valence-electron chi connectivity index (χ4n) is 6.38. The van der Waals surface area contributed by atoms with Crippen LogP contribution in [0, 0.1) is 0 Å². The Kier molecular flexibility index (Phi) is 7.05. The Balaban J connectivity index is 1.14. The Morgan fingerprint density at radius 3 is 2.24 bits per heavy atom. The maximum absolute atomic E-state index is 12.9. The first-order chi connectivity index (χ1) is 18.2. The van der Waals surface area contributed by atoms with Gasteiger partial charge in [0, 0.05) is 57.2 Å². The number of piperidine rings is 2. The van der Waals surface area contributed by atoms with Gasteiger partial charge in [-0.25, -0.2) is 9.31 Å². The van der Waals surface area contributed by atoms with Crippen molar-refractivity contribution < 1.29 is 4.79 Å². The van der Waals surface area contributed by atoms with Crippen molar-refractivity contribution in [2.75, 3.05) is 63.8 Å². The molecule has 37 heavy (non-hydrogen) atoms. The maximum Gasteiger partial charge on any atom is 0.320 e. The number of hydrogen-bond donors (Lipinski definition) is 0. The summed E-state index contributed by atoms with van der Waals surface area (Å²) in [6.07, 6.45) is 10.1. The number of urea groups is 1. The van der Waals surface area contributed by atoms with Crippen LogP contribution in [0.3, 0.4) is 0 Å². The van der Waals surface area contributed by atoms with E-state index in [1.165, 1.54) is 54.7 Å². The van der Waals surface area contributed by atoms with Crippen molar-refractivity contribution in [3.05, 3.63) is 54.4 Å². The smallest absolute Gasteiger partial charge is 0.320 e. The number of piperazine rings is 1. The van der Waals surface area contributed by atoms with E-state index in [1.54, 1.807) is 0 Å². The number of amides is 2. The van der Waals surface area contributed by atoms with Crippen LogP contribution >= 0.6 is 0 Å². The Hall–Kier alpha value is -3.06. The van der Waals surface area contributed by atoms with Gasteiger partial charge in [-0.15, -0.1) is 0 Å². The molecule has 3 fully saturated rings. The molecule has 3 aliphatic rings. The van der Waals surface area contributed by atoms with Crippen LogP contribution in [0.25, 0.3) is 16.6 Å². The van der Waals surface area contributed by atoms with Crippen molar-refractivity contribution in [3.63, 3.8) is 0 Å². The zero-order valence-electron chi connectivity index (χ0n) is 22.2. The van der Waals surface area contributed by atoms with Crippen molar-refractivity contribution in [1.29, 1.82) is 0 Å². The molecule has 2 amide bonds. The van der Waals surface area contributed by atoms with E-state index in [0.29, 0.717) is 5.92 Å². The van der Waals surface area contributed by atoms with E-state index in [1.807, 2.05) is 20.5 Å². The standard InChI is InChI=1S/C30H40N6O/c1-2-32-16-11-26(12-17-32)24-6-8-25(9-7-24)27-22-29-28(10-13-31-36(29)23-27)33-18-20-35(21-19-33)30(37)34-14-4-3-5-15-34/h6-10,13,22-23,26H,2-5,11-12,14-21H2,1H3. The second-order valence-corrected chi connectivity index (χ2v) is 10.9. The first-order valence-corrected chi connectivity index (χ1v) is 14.3. The molecule has 0 atom stereocenters. The predicted octanol–water partition coefficient (Wildman–Crippen LogP) is 4.93. The van der Waals surface area contributed by atoms with E-state index in [-0.39, 0.29) is 6.03 Å². The van der Waals surface area contributed by atoms with Gasteiger partial charge >= 0.3 is 6.03 Å². The molecule has 3 aromatic rings. The highest BCUT2D eigenvalue weighted by atomic mass is 16.2. The molecule has 7 nitrogen and oxygen atoms in total. The van der Waals surface area contributed by atoms with Gasteiger partial charge in [-0.05, 0) is 80.9 Å². The Morgan fingerprint density at radius 1 is 0.838 bits per heavy atom. The zero-order chi connectivity index (χ0) is 25.2. The molecule has 7 heteroatoms. The SMILES string of the molecule is CCN1CCC(c2ccc(-c3cc4c(N5CCN(C(=O)N6CCCCC6)CC5)ccnn4c3)cc2)CC1. The van der Waals surface area contributed by atoms with Crippen molar-refractivity contribution in [2.45, 2.75) is 44.9 Å². The molecule has 0 radical (unpaired) electrons. The van der Waals surface area contributed by atoms with Crippen LogP contribution in [-0.4, -0.2) is 89.2 Å². The summed E-state index contributed by atoms with van der Waals surface area (Å²) in [4.78, 5) is 22.0. The molecule has 0 unspecified atom stereocenters. The largest absolute Gasteiger partial charge is 0.366 e. The number of fused-ring (bicyclic) bond motifs is 1. The van der Waals surface area contributed by atoms with Crippen LogP contribution in [0.5, 0.6) is 0 Å². The predicted molar refractivity (Wildman–Crippen MR) is 149 cm³/mol. The summed E-state index contributed by atoms with van der Waals surface area (Å²) in [5, 5.41) is 4.61. The quantitative estimate of drug-likeness (QED) is 0.510. The topological polar surface area (TPSA) is 47.3 Å². The molecule has 1 aromatic carbocycles. The normalized spacial score (nSPS) is 20.1. The monoisotopic (exact) mass is 500 g/mol. The lowest BCUT2D eigenvalue weighted by atomic mass is 9.88. The highest BCUT2D eigenvalue weighted by molar-refractivity contribution is 5.80. The second kappa shape index (κ2) is 10.7. The summed E-state index contributed by atoms with van der Waals surface area (Å²) in [7, 11) is 0. The molecule has 5 heterocycles. The summed E-state index contributed by atoms with van der Waals surface area (Å²) in [5.41, 5.74) is 6.24. The fraction of sp³-hybridized carbons (Fsp3) is 0.533. The van der Waals surface area contributed by atoms with E-state index >= 15 is 0 Å². The first-order valence-electron chi connectivity index (χ1n) is 14.3. The minimum absolute atomic E-state index is 0.226. The van der Waals surface area contributed by atoms with Crippen LogP contribution < -0.4 is 4.90 Å². The third-order valence-electron chi connectivity index (χ3n) is 8.75. The minimum atomic E-state index is 0.226. The van der Waals surface area contributed by atoms with Crippen LogP contribution in [0.4, 0.5) is 10.5 Å². The Bertz CT molecular complexity index is 1200.